The van der Waals surface area contributed by atoms with Crippen molar-refractivity contribution >= 4 is 32.5 Å². The number of fused-ring (bicyclic) bond motifs is 1. The molecule has 0 aliphatic heterocycles. The summed E-state index contributed by atoms with van der Waals surface area (Å²) in [5, 5.41) is 7.28. The van der Waals surface area contributed by atoms with Crippen LogP contribution in [0.15, 0.2) is 45.9 Å². The highest BCUT2D eigenvalue weighted by Crippen LogP contribution is 2.32. The van der Waals surface area contributed by atoms with Crippen molar-refractivity contribution in [3.63, 3.8) is 0 Å². The fourth-order valence-corrected chi connectivity index (χ4v) is 4.11. The maximum atomic E-state index is 12.7. The summed E-state index contributed by atoms with van der Waals surface area (Å²) in [6.07, 6.45) is -0.213. The zero-order chi connectivity index (χ0) is 20.3. The van der Waals surface area contributed by atoms with Crippen LogP contribution < -0.4 is 14.4 Å². The van der Waals surface area contributed by atoms with Gasteiger partial charge in [0.2, 0.25) is 5.91 Å². The van der Waals surface area contributed by atoms with Crippen molar-refractivity contribution in [2.45, 2.75) is 11.3 Å². The number of nitrogens with zero attached hydrogens (tertiary/aromatic N) is 3. The van der Waals surface area contributed by atoms with Crippen LogP contribution in [0.5, 0.6) is 11.5 Å². The van der Waals surface area contributed by atoms with Crippen LogP contribution >= 0.6 is 0 Å². The van der Waals surface area contributed by atoms with E-state index in [9.17, 15) is 13.2 Å². The van der Waals surface area contributed by atoms with Crippen LogP contribution in [0.3, 0.4) is 0 Å². The van der Waals surface area contributed by atoms with E-state index in [4.69, 9.17) is 9.47 Å². The molecule has 0 fully saturated rings. The van der Waals surface area contributed by atoms with Gasteiger partial charge in [-0.25, -0.2) is 13.0 Å². The molecular formula is C18H19N3O6S. The van der Waals surface area contributed by atoms with Gasteiger partial charge in [0, 0.05) is 19.5 Å². The number of sulfone groups is 1. The molecule has 3 rings (SSSR count). The molecule has 0 bridgehead atoms. The molecule has 0 saturated carbocycles. The standard InChI is InChI=1S/C18H19N3O6S/c1-21(14-8-7-12(25-2)11-15(14)26-3)17(22)9-10-28(23,24)16-6-4-5-13-18(16)20-27-19-13/h4-8,11H,9-10H2,1-3H3. The van der Waals surface area contributed by atoms with Crippen LogP contribution in [0, 0.1) is 0 Å². The monoisotopic (exact) mass is 405 g/mol. The van der Waals surface area contributed by atoms with Crippen LogP contribution in [0.1, 0.15) is 6.42 Å². The summed E-state index contributed by atoms with van der Waals surface area (Å²) in [7, 11) is 0.809. The molecule has 0 saturated heterocycles. The fourth-order valence-electron chi connectivity index (χ4n) is 2.73. The number of ether oxygens (including phenoxy) is 2. The molecular weight excluding hydrogens is 386 g/mol. The van der Waals surface area contributed by atoms with Crippen molar-refractivity contribution < 1.29 is 27.3 Å². The van der Waals surface area contributed by atoms with Crippen LogP contribution in [0.4, 0.5) is 5.69 Å². The highest BCUT2D eigenvalue weighted by molar-refractivity contribution is 7.91. The maximum absolute atomic E-state index is 12.7. The summed E-state index contributed by atoms with van der Waals surface area (Å²) in [5.74, 6) is 0.271. The summed E-state index contributed by atoms with van der Waals surface area (Å²) >= 11 is 0. The molecule has 0 aliphatic carbocycles. The topological polar surface area (TPSA) is 112 Å². The van der Waals surface area contributed by atoms with E-state index >= 15 is 0 Å². The first kappa shape index (κ1) is 19.6. The number of carbonyl (C=O) groups is 1. The molecule has 28 heavy (non-hydrogen) atoms. The lowest BCUT2D eigenvalue weighted by molar-refractivity contribution is -0.118. The molecule has 0 unspecified atom stereocenters. The Morgan fingerprint density at radius 2 is 1.93 bits per heavy atom. The zero-order valence-corrected chi connectivity index (χ0v) is 16.4. The Hall–Kier alpha value is -3.14. The first-order valence-corrected chi connectivity index (χ1v) is 9.95. The highest BCUT2D eigenvalue weighted by atomic mass is 32.2. The second-order valence-electron chi connectivity index (χ2n) is 5.95. The predicted octanol–water partition coefficient (Wildman–Crippen LogP) is 2.07. The number of rotatable bonds is 7. The van der Waals surface area contributed by atoms with E-state index in [1.54, 1.807) is 37.4 Å². The van der Waals surface area contributed by atoms with Crippen molar-refractivity contribution in [3.8, 4) is 11.5 Å². The molecule has 0 aliphatic rings. The number of methoxy groups -OCH3 is 2. The van der Waals surface area contributed by atoms with Gasteiger partial charge in [0.1, 0.15) is 17.0 Å². The minimum absolute atomic E-state index is 0.0104. The molecule has 0 atom stereocenters. The maximum Gasteiger partial charge on any atom is 0.227 e. The molecule has 9 nitrogen and oxygen atoms in total. The van der Waals surface area contributed by atoms with Crippen molar-refractivity contribution in [1.82, 2.24) is 10.3 Å². The lowest BCUT2D eigenvalue weighted by Crippen LogP contribution is -2.28. The molecule has 0 N–H and O–H groups in total. The Balaban J connectivity index is 1.77. The number of hydrogen-bond donors (Lipinski definition) is 0. The van der Waals surface area contributed by atoms with E-state index in [1.165, 1.54) is 25.2 Å². The van der Waals surface area contributed by atoms with E-state index in [-0.39, 0.29) is 28.5 Å². The van der Waals surface area contributed by atoms with Crippen LogP contribution in [0.25, 0.3) is 11.0 Å². The van der Waals surface area contributed by atoms with Crippen molar-refractivity contribution in [3.05, 3.63) is 36.4 Å². The molecule has 3 aromatic rings. The highest BCUT2D eigenvalue weighted by Gasteiger charge is 2.23. The molecule has 1 aromatic heterocycles. The molecule has 2 aromatic carbocycles. The Bertz CT molecular complexity index is 1110. The van der Waals surface area contributed by atoms with Gasteiger partial charge < -0.3 is 14.4 Å². The van der Waals surface area contributed by atoms with Gasteiger partial charge in [0.25, 0.3) is 0 Å². The molecule has 10 heteroatoms. The smallest absolute Gasteiger partial charge is 0.227 e. The average molecular weight is 405 g/mol. The van der Waals surface area contributed by atoms with Crippen molar-refractivity contribution in [2.24, 2.45) is 0 Å². The SMILES string of the molecule is COc1ccc(N(C)C(=O)CCS(=O)(=O)c2cccc3nonc23)c(OC)c1. The third-order valence-electron chi connectivity index (χ3n) is 4.29. The first-order chi connectivity index (χ1) is 13.4. The summed E-state index contributed by atoms with van der Waals surface area (Å²) in [6.45, 7) is 0. The Labute approximate surface area is 161 Å². The Morgan fingerprint density at radius 1 is 1.14 bits per heavy atom. The van der Waals surface area contributed by atoms with E-state index < -0.39 is 9.84 Å². The molecule has 1 heterocycles. The van der Waals surface area contributed by atoms with Gasteiger partial charge in [-0.3, -0.25) is 4.79 Å². The lowest BCUT2D eigenvalue weighted by atomic mass is 10.2. The third-order valence-corrected chi connectivity index (χ3v) is 6.03. The quantitative estimate of drug-likeness (QED) is 0.587. The van der Waals surface area contributed by atoms with Gasteiger partial charge in [-0.2, -0.15) is 0 Å². The van der Waals surface area contributed by atoms with E-state index in [0.717, 1.165) is 0 Å². The van der Waals surface area contributed by atoms with Crippen LogP contribution in [-0.2, 0) is 14.6 Å². The second kappa shape index (κ2) is 7.85. The molecule has 148 valence electrons. The number of carbonyl (C=O) groups excluding carboxylic acids is 1. The normalized spacial score (nSPS) is 11.4. The molecule has 1 amide bonds. The number of hydrogen-bond acceptors (Lipinski definition) is 8. The minimum atomic E-state index is -3.76. The van der Waals surface area contributed by atoms with Gasteiger partial charge in [-0.05, 0) is 34.6 Å². The van der Waals surface area contributed by atoms with E-state index in [1.807, 2.05) is 0 Å². The summed E-state index contributed by atoms with van der Waals surface area (Å²) in [6, 6.07) is 9.58. The van der Waals surface area contributed by atoms with E-state index in [2.05, 4.69) is 14.9 Å². The van der Waals surface area contributed by atoms with Crippen LogP contribution in [0.2, 0.25) is 0 Å². The molecule has 0 spiro atoms. The Kier molecular flexibility index (Phi) is 5.50. The van der Waals surface area contributed by atoms with Crippen molar-refractivity contribution in [1.29, 1.82) is 0 Å². The average Bonchev–Trinajstić information content (AvgIpc) is 3.19. The summed E-state index contributed by atoms with van der Waals surface area (Å²) in [5.41, 5.74) is 1.00. The number of aromatic nitrogens is 2. The Morgan fingerprint density at radius 3 is 2.64 bits per heavy atom. The summed E-state index contributed by atoms with van der Waals surface area (Å²) < 4.78 is 40.4. The zero-order valence-electron chi connectivity index (χ0n) is 15.6. The van der Waals surface area contributed by atoms with Crippen LogP contribution in [-0.4, -0.2) is 51.7 Å². The fraction of sp³-hybridized carbons (Fsp3) is 0.278. The van der Waals surface area contributed by atoms with Gasteiger partial charge in [0.15, 0.2) is 15.4 Å². The number of amides is 1. The van der Waals surface area contributed by atoms with E-state index in [0.29, 0.717) is 22.7 Å². The number of benzene rings is 2. The predicted molar refractivity (Wildman–Crippen MR) is 101 cm³/mol. The first-order valence-electron chi connectivity index (χ1n) is 8.30. The van der Waals surface area contributed by atoms with Gasteiger partial charge in [-0.15, -0.1) is 0 Å². The number of anilines is 1. The van der Waals surface area contributed by atoms with Gasteiger partial charge in [-0.1, -0.05) is 6.07 Å². The third kappa shape index (κ3) is 3.77. The lowest BCUT2D eigenvalue weighted by Gasteiger charge is -2.20. The molecule has 0 radical (unpaired) electrons. The van der Waals surface area contributed by atoms with Gasteiger partial charge >= 0.3 is 0 Å². The largest absolute Gasteiger partial charge is 0.497 e. The second-order valence-corrected chi connectivity index (χ2v) is 8.03. The van der Waals surface area contributed by atoms with Crippen molar-refractivity contribution in [2.75, 3.05) is 31.9 Å². The summed E-state index contributed by atoms with van der Waals surface area (Å²) in [4.78, 5) is 13.9. The van der Waals surface area contributed by atoms with Gasteiger partial charge in [0.05, 0.1) is 30.6 Å². The minimum Gasteiger partial charge on any atom is -0.497 e.